The van der Waals surface area contributed by atoms with Crippen molar-refractivity contribution in [2.75, 3.05) is 13.2 Å². The Labute approximate surface area is 105 Å². The highest BCUT2D eigenvalue weighted by atomic mass is 16.5. The minimum absolute atomic E-state index is 0.0120. The van der Waals surface area contributed by atoms with Gasteiger partial charge in [-0.05, 0) is 19.1 Å². The summed E-state index contributed by atoms with van der Waals surface area (Å²) in [6, 6.07) is 3.36. The van der Waals surface area contributed by atoms with Crippen molar-refractivity contribution in [3.8, 4) is 0 Å². The van der Waals surface area contributed by atoms with E-state index in [4.69, 9.17) is 10.5 Å². The zero-order valence-electron chi connectivity index (χ0n) is 10.1. The van der Waals surface area contributed by atoms with Crippen LogP contribution >= 0.6 is 0 Å². The number of hydrogen-bond donors (Lipinski definition) is 2. The Morgan fingerprint density at radius 1 is 1.33 bits per heavy atom. The number of hydrogen-bond acceptors (Lipinski definition) is 6. The minimum atomic E-state index is -0.597. The molecule has 2 rings (SSSR count). The predicted octanol–water partition coefficient (Wildman–Crippen LogP) is -1.11. The Balaban J connectivity index is 0.000000225. The Kier molecular flexibility index (Phi) is 5.89. The molecule has 2 heterocycles. The van der Waals surface area contributed by atoms with Crippen LogP contribution in [0.25, 0.3) is 0 Å². The summed E-state index contributed by atoms with van der Waals surface area (Å²) in [5.74, 6) is -0.484. The third-order valence-electron chi connectivity index (χ3n) is 2.31. The lowest BCUT2D eigenvalue weighted by atomic mass is 10.1. The first-order valence-electron chi connectivity index (χ1n) is 5.47. The molecule has 7 heteroatoms. The van der Waals surface area contributed by atoms with E-state index in [2.05, 4.69) is 15.5 Å². The molecule has 1 aromatic rings. The van der Waals surface area contributed by atoms with Crippen LogP contribution in [0.5, 0.6) is 0 Å². The molecule has 98 valence electrons. The maximum absolute atomic E-state index is 10.8. The molecule has 0 bridgehead atoms. The molecule has 7 nitrogen and oxygen atoms in total. The van der Waals surface area contributed by atoms with E-state index in [0.717, 1.165) is 0 Å². The molecule has 1 fully saturated rings. The van der Waals surface area contributed by atoms with E-state index >= 15 is 0 Å². The van der Waals surface area contributed by atoms with Gasteiger partial charge in [0.1, 0.15) is 11.9 Å². The summed E-state index contributed by atoms with van der Waals surface area (Å²) in [5.41, 5.74) is 5.00. The molecule has 1 aromatic heterocycles. The average molecular weight is 252 g/mol. The summed E-state index contributed by atoms with van der Waals surface area (Å²) >= 11 is 0. The van der Waals surface area contributed by atoms with Gasteiger partial charge >= 0.3 is 0 Å². The van der Waals surface area contributed by atoms with Crippen LogP contribution in [0.4, 0.5) is 0 Å². The van der Waals surface area contributed by atoms with Crippen molar-refractivity contribution in [1.29, 1.82) is 0 Å². The van der Waals surface area contributed by atoms with Crippen LogP contribution in [0.2, 0.25) is 0 Å². The highest BCUT2D eigenvalue weighted by Crippen LogP contribution is 2.01. The van der Waals surface area contributed by atoms with Crippen LogP contribution in [-0.2, 0) is 14.3 Å². The van der Waals surface area contributed by atoms with Crippen LogP contribution in [0.1, 0.15) is 6.92 Å². The van der Waals surface area contributed by atoms with Crippen LogP contribution in [-0.4, -0.2) is 47.2 Å². The van der Waals surface area contributed by atoms with Gasteiger partial charge in [-0.2, -0.15) is 10.2 Å². The maximum Gasteiger partial charge on any atom is 0.247 e. The first-order valence-corrected chi connectivity index (χ1v) is 5.47. The SMILES string of the molecule is CC(=O)C1COC(C(N)=O)CN1.c1ccnnc1. The number of aromatic nitrogens is 2. The zero-order valence-corrected chi connectivity index (χ0v) is 10.1. The molecule has 1 amide bonds. The second kappa shape index (κ2) is 7.46. The number of ether oxygens (including phenoxy) is 1. The van der Waals surface area contributed by atoms with Crippen LogP contribution < -0.4 is 11.1 Å². The Hall–Kier alpha value is -1.86. The van der Waals surface area contributed by atoms with Crippen LogP contribution in [0.3, 0.4) is 0 Å². The maximum atomic E-state index is 10.8. The zero-order chi connectivity index (χ0) is 13.4. The minimum Gasteiger partial charge on any atom is -0.367 e. The topological polar surface area (TPSA) is 107 Å². The number of nitrogens with zero attached hydrogens (tertiary/aromatic N) is 2. The van der Waals surface area contributed by atoms with Crippen molar-refractivity contribution in [1.82, 2.24) is 15.5 Å². The number of nitrogens with one attached hydrogen (secondary N) is 1. The fourth-order valence-corrected chi connectivity index (χ4v) is 1.28. The predicted molar refractivity (Wildman–Crippen MR) is 63.4 cm³/mol. The molecule has 3 N–H and O–H groups in total. The number of morpholine rings is 1. The number of Topliss-reactive ketones (excluding diaryl/α,β-unsaturated/α-hetero) is 1. The highest BCUT2D eigenvalue weighted by Gasteiger charge is 2.26. The summed E-state index contributed by atoms with van der Waals surface area (Å²) in [6.45, 7) is 2.02. The number of nitrogens with two attached hydrogens (primary N) is 1. The molecule has 0 saturated carbocycles. The van der Waals surface area contributed by atoms with Crippen LogP contribution in [0.15, 0.2) is 24.5 Å². The molecule has 0 aliphatic carbocycles. The normalized spacial score (nSPS) is 22.5. The number of carbonyl (C=O) groups is 2. The average Bonchev–Trinajstić information content (AvgIpc) is 2.41. The molecule has 0 radical (unpaired) electrons. The molecule has 2 atom stereocenters. The molecule has 0 aromatic carbocycles. The van der Waals surface area contributed by atoms with E-state index in [9.17, 15) is 9.59 Å². The van der Waals surface area contributed by atoms with Crippen molar-refractivity contribution >= 4 is 11.7 Å². The van der Waals surface area contributed by atoms with Gasteiger partial charge in [0.2, 0.25) is 5.91 Å². The van der Waals surface area contributed by atoms with Gasteiger partial charge in [0.15, 0.2) is 0 Å². The van der Waals surface area contributed by atoms with Crippen molar-refractivity contribution in [2.45, 2.75) is 19.1 Å². The van der Waals surface area contributed by atoms with Gasteiger partial charge in [0.25, 0.3) is 0 Å². The van der Waals surface area contributed by atoms with Gasteiger partial charge in [0.05, 0.1) is 12.6 Å². The number of amides is 1. The smallest absolute Gasteiger partial charge is 0.247 e. The molecule has 2 unspecified atom stereocenters. The van der Waals surface area contributed by atoms with E-state index in [1.54, 1.807) is 12.4 Å². The van der Waals surface area contributed by atoms with Gasteiger partial charge in [-0.1, -0.05) is 0 Å². The standard InChI is InChI=1S/C7H12N2O3.C4H4N2/c1-4(10)5-3-12-6(2-9-5)7(8)11;1-2-4-6-5-3-1/h5-6,9H,2-3H2,1H3,(H2,8,11);1-4H. The van der Waals surface area contributed by atoms with Crippen LogP contribution in [0, 0.1) is 0 Å². The Morgan fingerprint density at radius 3 is 2.22 bits per heavy atom. The van der Waals surface area contributed by atoms with E-state index in [-0.39, 0.29) is 18.4 Å². The van der Waals surface area contributed by atoms with Gasteiger partial charge in [-0.15, -0.1) is 0 Å². The Bertz CT molecular complexity index is 328. The second-order valence-electron chi connectivity index (χ2n) is 3.71. The summed E-state index contributed by atoms with van der Waals surface area (Å²) < 4.78 is 5.06. The lowest BCUT2D eigenvalue weighted by Gasteiger charge is -2.26. The molecular weight excluding hydrogens is 236 g/mol. The first-order chi connectivity index (χ1) is 8.61. The summed E-state index contributed by atoms with van der Waals surface area (Å²) in [5, 5.41) is 9.94. The number of rotatable bonds is 2. The van der Waals surface area contributed by atoms with E-state index < -0.39 is 12.0 Å². The van der Waals surface area contributed by atoms with Gasteiger partial charge in [-0.25, -0.2) is 0 Å². The van der Waals surface area contributed by atoms with Crippen molar-refractivity contribution < 1.29 is 14.3 Å². The Morgan fingerprint density at radius 2 is 1.94 bits per heavy atom. The van der Waals surface area contributed by atoms with Gasteiger partial charge in [-0.3, -0.25) is 9.59 Å². The summed E-state index contributed by atoms with van der Waals surface area (Å²) in [7, 11) is 0. The monoisotopic (exact) mass is 252 g/mol. The van der Waals surface area contributed by atoms with Gasteiger partial charge < -0.3 is 15.8 Å². The molecule has 18 heavy (non-hydrogen) atoms. The highest BCUT2D eigenvalue weighted by molar-refractivity contribution is 5.83. The van der Waals surface area contributed by atoms with E-state index in [1.807, 2.05) is 12.1 Å². The van der Waals surface area contributed by atoms with Crippen molar-refractivity contribution in [3.63, 3.8) is 0 Å². The lowest BCUT2D eigenvalue weighted by Crippen LogP contribution is -2.53. The second-order valence-corrected chi connectivity index (χ2v) is 3.71. The van der Waals surface area contributed by atoms with E-state index in [0.29, 0.717) is 6.54 Å². The van der Waals surface area contributed by atoms with E-state index in [1.165, 1.54) is 6.92 Å². The quantitative estimate of drug-likeness (QED) is 0.691. The molecule has 1 aliphatic rings. The summed E-state index contributed by atoms with van der Waals surface area (Å²) in [4.78, 5) is 21.4. The van der Waals surface area contributed by atoms with Gasteiger partial charge in [0, 0.05) is 18.9 Å². The number of primary amides is 1. The molecule has 1 saturated heterocycles. The fraction of sp³-hybridized carbons (Fsp3) is 0.455. The first kappa shape index (κ1) is 14.2. The van der Waals surface area contributed by atoms with Crippen molar-refractivity contribution in [3.05, 3.63) is 24.5 Å². The number of carbonyl (C=O) groups excluding carboxylic acids is 2. The molecular formula is C11H16N4O3. The summed E-state index contributed by atoms with van der Waals surface area (Å²) in [6.07, 6.45) is 2.68. The third kappa shape index (κ3) is 4.98. The third-order valence-corrected chi connectivity index (χ3v) is 2.31. The fourth-order valence-electron chi connectivity index (χ4n) is 1.28. The number of ketones is 1. The lowest BCUT2D eigenvalue weighted by molar-refractivity contribution is -0.136. The molecule has 0 spiro atoms. The molecule has 1 aliphatic heterocycles. The van der Waals surface area contributed by atoms with Crippen molar-refractivity contribution in [2.24, 2.45) is 5.73 Å². The largest absolute Gasteiger partial charge is 0.367 e.